The third kappa shape index (κ3) is 10.5. The molecule has 0 bridgehead atoms. The zero-order chi connectivity index (χ0) is 35.4. The summed E-state index contributed by atoms with van der Waals surface area (Å²) in [7, 11) is 0. The van der Waals surface area contributed by atoms with Gasteiger partial charge in [-0.2, -0.15) is 0 Å². The van der Waals surface area contributed by atoms with Crippen molar-refractivity contribution in [1.29, 1.82) is 0 Å². The van der Waals surface area contributed by atoms with Gasteiger partial charge in [-0.15, -0.1) is 0 Å². The molecule has 3 heterocycles. The van der Waals surface area contributed by atoms with Gasteiger partial charge in [0.05, 0.1) is 18.8 Å². The Kier molecular flexibility index (Phi) is 13.6. The highest BCUT2D eigenvalue weighted by atomic mass is 16.7. The Morgan fingerprint density at radius 3 is 2.25 bits per heavy atom. The van der Waals surface area contributed by atoms with Crippen molar-refractivity contribution < 1.29 is 29.4 Å². The summed E-state index contributed by atoms with van der Waals surface area (Å²) in [6.07, 6.45) is 7.98. The van der Waals surface area contributed by atoms with Gasteiger partial charge < -0.3 is 24.8 Å². The van der Waals surface area contributed by atoms with Crippen LogP contribution >= 0.6 is 0 Å². The minimum absolute atomic E-state index is 0.0183. The molecule has 4 N–H and O–H groups in total. The number of benzene rings is 3. The van der Waals surface area contributed by atoms with Crippen molar-refractivity contribution in [2.75, 3.05) is 32.7 Å². The van der Waals surface area contributed by atoms with Crippen molar-refractivity contribution in [1.82, 2.24) is 20.6 Å². The van der Waals surface area contributed by atoms with E-state index in [1.807, 2.05) is 30.3 Å². The Hall–Kier alpha value is -3.64. The van der Waals surface area contributed by atoms with Crippen molar-refractivity contribution >= 4 is 11.8 Å². The Labute approximate surface area is 302 Å². The van der Waals surface area contributed by atoms with Crippen LogP contribution in [0.5, 0.6) is 0 Å². The van der Waals surface area contributed by atoms with Crippen LogP contribution in [0.3, 0.4) is 0 Å². The van der Waals surface area contributed by atoms with E-state index in [4.69, 9.17) is 14.7 Å². The van der Waals surface area contributed by atoms with E-state index in [9.17, 15) is 14.7 Å². The molecule has 10 nitrogen and oxygen atoms in total. The Morgan fingerprint density at radius 1 is 0.784 bits per heavy atom. The van der Waals surface area contributed by atoms with Gasteiger partial charge in [-0.25, -0.2) is 5.48 Å². The van der Waals surface area contributed by atoms with E-state index in [2.05, 4.69) is 57.6 Å². The first-order chi connectivity index (χ1) is 25.0. The molecule has 274 valence electrons. The molecule has 0 spiro atoms. The topological polar surface area (TPSA) is 124 Å². The van der Waals surface area contributed by atoms with Crippen LogP contribution in [-0.4, -0.2) is 76.8 Å². The van der Waals surface area contributed by atoms with E-state index in [-0.39, 0.29) is 31.1 Å². The number of hydrogen-bond acceptors (Lipinski definition) is 8. The molecule has 51 heavy (non-hydrogen) atoms. The average Bonchev–Trinajstić information content (AvgIpc) is 3.86. The summed E-state index contributed by atoms with van der Waals surface area (Å²) in [6, 6.07) is 25.2. The second-order valence-corrected chi connectivity index (χ2v) is 14.3. The first-order valence-electron chi connectivity index (χ1n) is 18.8. The summed E-state index contributed by atoms with van der Waals surface area (Å²) in [6.45, 7) is 6.03. The largest absolute Gasteiger partial charge is 0.392 e. The molecule has 0 radical (unpaired) electrons. The number of rotatable bonds is 16. The molecule has 0 unspecified atom stereocenters. The highest BCUT2D eigenvalue weighted by Crippen LogP contribution is 2.39. The molecule has 6 rings (SSSR count). The van der Waals surface area contributed by atoms with Crippen molar-refractivity contribution in [3.8, 4) is 11.1 Å². The summed E-state index contributed by atoms with van der Waals surface area (Å²) >= 11 is 0. The summed E-state index contributed by atoms with van der Waals surface area (Å²) in [5.74, 6) is -0.426. The number of aliphatic hydroxyl groups excluding tert-OH is 1. The number of aliphatic hydroxyl groups is 1. The normalized spacial score (nSPS) is 22.6. The maximum Gasteiger partial charge on any atom is 0.243 e. The monoisotopic (exact) mass is 698 g/mol. The molecule has 2 amide bonds. The van der Waals surface area contributed by atoms with Gasteiger partial charge >= 0.3 is 0 Å². The standard InChI is InChI=1S/C41H54N4O6/c46-29-30-14-16-32(17-15-30)38-25-36(28-45-24-8-10-35(45)27-44-22-6-7-23-44)50-41(51-38)33-20-18-31(19-21-33)37-11-5-4-9-34(37)26-42-39(47)12-2-1-3-13-40(48)43-49/h4-5,9,11,14-21,35-36,38,41,46,49H,1-3,6-8,10,12-13,22-29H2,(H,42,47)(H,43,48)/t35-,36-,38+,41+/m0/s1. The fraction of sp³-hybridized carbons (Fsp3) is 0.512. The first kappa shape index (κ1) is 37.1. The van der Waals surface area contributed by atoms with Crippen molar-refractivity contribution in [2.45, 2.75) is 102 Å². The molecule has 0 aromatic heterocycles. The molecular formula is C41H54N4O6. The van der Waals surface area contributed by atoms with Gasteiger partial charge in [-0.1, -0.05) is 79.2 Å². The van der Waals surface area contributed by atoms with Crippen LogP contribution in [0.4, 0.5) is 0 Å². The Morgan fingerprint density at radius 2 is 1.51 bits per heavy atom. The lowest BCUT2D eigenvalue weighted by molar-refractivity contribution is -0.253. The lowest BCUT2D eigenvalue weighted by atomic mass is 9.97. The van der Waals surface area contributed by atoms with E-state index < -0.39 is 12.2 Å². The quantitative estimate of drug-likeness (QED) is 0.0814. The zero-order valence-corrected chi connectivity index (χ0v) is 29.7. The number of nitrogens with one attached hydrogen (secondary N) is 2. The van der Waals surface area contributed by atoms with E-state index in [0.29, 0.717) is 31.8 Å². The first-order valence-corrected chi connectivity index (χ1v) is 18.8. The van der Waals surface area contributed by atoms with Gasteiger partial charge in [0.1, 0.15) is 0 Å². The zero-order valence-electron chi connectivity index (χ0n) is 29.7. The smallest absolute Gasteiger partial charge is 0.243 e. The fourth-order valence-electron chi connectivity index (χ4n) is 7.76. The molecular weight excluding hydrogens is 644 g/mol. The molecule has 3 aromatic rings. The number of hydroxylamine groups is 1. The van der Waals surface area contributed by atoms with Gasteiger partial charge in [0, 0.05) is 50.5 Å². The van der Waals surface area contributed by atoms with Gasteiger partial charge in [0.2, 0.25) is 11.8 Å². The summed E-state index contributed by atoms with van der Waals surface area (Å²) in [5, 5.41) is 21.3. The number of amides is 2. The SMILES string of the molecule is O=C(CCCCCC(=O)NCc1ccccc1-c1ccc([C@@H]2O[C@H](CN3CCC[C@H]3CN3CCCC3)C[C@H](c3ccc(CO)cc3)O2)cc1)NO. The van der Waals surface area contributed by atoms with Crippen LogP contribution in [0.2, 0.25) is 0 Å². The van der Waals surface area contributed by atoms with Crippen molar-refractivity contribution in [3.05, 3.63) is 95.1 Å². The highest BCUT2D eigenvalue weighted by Gasteiger charge is 2.36. The molecule has 3 aliphatic heterocycles. The van der Waals surface area contributed by atoms with Gasteiger partial charge in [-0.3, -0.25) is 19.7 Å². The number of ether oxygens (including phenoxy) is 2. The number of carbonyl (C=O) groups excluding carboxylic acids is 2. The third-order valence-corrected chi connectivity index (χ3v) is 10.6. The minimum atomic E-state index is -0.507. The lowest BCUT2D eigenvalue weighted by Gasteiger charge is -2.39. The molecule has 3 aromatic carbocycles. The lowest BCUT2D eigenvalue weighted by Crippen LogP contribution is -2.45. The summed E-state index contributed by atoms with van der Waals surface area (Å²) < 4.78 is 13.4. The van der Waals surface area contributed by atoms with E-state index in [1.54, 1.807) is 5.48 Å². The van der Waals surface area contributed by atoms with Crippen LogP contribution in [0.25, 0.3) is 11.1 Å². The van der Waals surface area contributed by atoms with Crippen LogP contribution in [0.15, 0.2) is 72.8 Å². The predicted molar refractivity (Wildman–Crippen MR) is 195 cm³/mol. The number of unbranched alkanes of at least 4 members (excludes halogenated alkanes) is 2. The van der Waals surface area contributed by atoms with Crippen LogP contribution < -0.4 is 10.8 Å². The fourth-order valence-corrected chi connectivity index (χ4v) is 7.76. The van der Waals surface area contributed by atoms with Gasteiger partial charge in [0.25, 0.3) is 0 Å². The summed E-state index contributed by atoms with van der Waals surface area (Å²) in [4.78, 5) is 29.0. The molecule has 0 aliphatic carbocycles. The van der Waals surface area contributed by atoms with Crippen molar-refractivity contribution in [3.63, 3.8) is 0 Å². The van der Waals surface area contributed by atoms with Crippen LogP contribution in [0, 0.1) is 0 Å². The molecule has 4 atom stereocenters. The van der Waals surface area contributed by atoms with E-state index >= 15 is 0 Å². The minimum Gasteiger partial charge on any atom is -0.392 e. The number of carbonyl (C=O) groups is 2. The molecule has 3 saturated heterocycles. The number of hydrogen-bond donors (Lipinski definition) is 4. The van der Waals surface area contributed by atoms with E-state index in [1.165, 1.54) is 38.8 Å². The Bertz CT molecular complexity index is 1540. The van der Waals surface area contributed by atoms with E-state index in [0.717, 1.165) is 65.9 Å². The van der Waals surface area contributed by atoms with Crippen LogP contribution in [0.1, 0.15) is 98.9 Å². The summed E-state index contributed by atoms with van der Waals surface area (Å²) in [5.41, 5.74) is 7.73. The van der Waals surface area contributed by atoms with Gasteiger partial charge in [-0.05, 0) is 86.0 Å². The molecule has 3 fully saturated rings. The maximum atomic E-state index is 12.6. The second-order valence-electron chi connectivity index (χ2n) is 14.3. The maximum absolute atomic E-state index is 12.6. The molecule has 0 saturated carbocycles. The van der Waals surface area contributed by atoms with Crippen molar-refractivity contribution in [2.24, 2.45) is 0 Å². The Balaban J connectivity index is 1.10. The number of nitrogens with zero attached hydrogens (tertiary/aromatic N) is 2. The third-order valence-electron chi connectivity index (χ3n) is 10.6. The molecule has 3 aliphatic rings. The van der Waals surface area contributed by atoms with Gasteiger partial charge in [0.15, 0.2) is 6.29 Å². The molecule has 10 heteroatoms. The predicted octanol–water partition coefficient (Wildman–Crippen LogP) is 6.02. The number of likely N-dealkylation sites (tertiary alicyclic amines) is 2. The second kappa shape index (κ2) is 18.7. The van der Waals surface area contributed by atoms with Crippen LogP contribution in [-0.2, 0) is 32.2 Å². The highest BCUT2D eigenvalue weighted by molar-refractivity contribution is 5.76. The average molecular weight is 699 g/mol.